The van der Waals surface area contributed by atoms with Crippen LogP contribution in [0.15, 0.2) is 48.5 Å². The van der Waals surface area contributed by atoms with Crippen molar-refractivity contribution < 1.29 is 23.9 Å². The second-order valence-corrected chi connectivity index (χ2v) is 6.79. The Labute approximate surface area is 169 Å². The van der Waals surface area contributed by atoms with E-state index in [0.717, 1.165) is 24.8 Å². The molecule has 2 N–H and O–H groups in total. The van der Waals surface area contributed by atoms with E-state index >= 15 is 0 Å². The van der Waals surface area contributed by atoms with Gasteiger partial charge in [-0.05, 0) is 48.6 Å². The number of carbonyl (C=O) groups excluding carboxylic acids is 3. The van der Waals surface area contributed by atoms with Crippen molar-refractivity contribution in [2.75, 3.05) is 20.3 Å². The summed E-state index contributed by atoms with van der Waals surface area (Å²) in [5.74, 6) is -0.926. The number of methoxy groups -OCH3 is 1. The number of aryl methyl sites for hydroxylation is 1. The summed E-state index contributed by atoms with van der Waals surface area (Å²) in [7, 11) is 1.51. The van der Waals surface area contributed by atoms with E-state index < -0.39 is 11.9 Å². The molecule has 7 heteroatoms. The highest BCUT2D eigenvalue weighted by atomic mass is 16.5. The van der Waals surface area contributed by atoms with Gasteiger partial charge in [0.1, 0.15) is 12.3 Å². The summed E-state index contributed by atoms with van der Waals surface area (Å²) in [4.78, 5) is 36.1. The van der Waals surface area contributed by atoms with Crippen molar-refractivity contribution in [1.29, 1.82) is 0 Å². The Morgan fingerprint density at radius 3 is 2.76 bits per heavy atom. The fraction of sp³-hybridized carbons (Fsp3) is 0.318. The predicted octanol–water partition coefficient (Wildman–Crippen LogP) is 2.16. The van der Waals surface area contributed by atoms with Crippen LogP contribution in [-0.2, 0) is 20.7 Å². The molecule has 7 nitrogen and oxygen atoms in total. The number of amides is 2. The number of esters is 1. The first-order valence-corrected chi connectivity index (χ1v) is 9.52. The van der Waals surface area contributed by atoms with Gasteiger partial charge < -0.3 is 20.1 Å². The number of ether oxygens (including phenoxy) is 2. The van der Waals surface area contributed by atoms with E-state index in [2.05, 4.69) is 16.7 Å². The van der Waals surface area contributed by atoms with Gasteiger partial charge in [-0.2, -0.15) is 0 Å². The van der Waals surface area contributed by atoms with Gasteiger partial charge >= 0.3 is 5.97 Å². The second kappa shape index (κ2) is 9.73. The van der Waals surface area contributed by atoms with E-state index in [4.69, 9.17) is 9.47 Å². The highest BCUT2D eigenvalue weighted by Crippen LogP contribution is 2.29. The number of fused-ring (bicyclic) bond motifs is 1. The average Bonchev–Trinajstić information content (AvgIpc) is 2.76. The Morgan fingerprint density at radius 2 is 1.93 bits per heavy atom. The largest absolute Gasteiger partial charge is 0.497 e. The molecule has 1 atom stereocenters. The molecule has 0 heterocycles. The Hall–Kier alpha value is -3.35. The minimum atomic E-state index is -0.680. The summed E-state index contributed by atoms with van der Waals surface area (Å²) >= 11 is 0. The van der Waals surface area contributed by atoms with Crippen molar-refractivity contribution in [3.8, 4) is 5.75 Å². The smallest absolute Gasteiger partial charge is 0.325 e. The van der Waals surface area contributed by atoms with E-state index in [1.165, 1.54) is 12.7 Å². The molecule has 1 aliphatic rings. The van der Waals surface area contributed by atoms with Crippen molar-refractivity contribution in [2.45, 2.75) is 25.3 Å². The molecule has 2 amide bonds. The Kier molecular flexibility index (Phi) is 6.84. The van der Waals surface area contributed by atoms with Gasteiger partial charge in [0.25, 0.3) is 11.8 Å². The number of nitrogens with one attached hydrogen (secondary N) is 2. The van der Waals surface area contributed by atoms with Crippen LogP contribution in [0.2, 0.25) is 0 Å². The molecule has 1 aliphatic carbocycles. The van der Waals surface area contributed by atoms with Crippen LogP contribution in [0, 0.1) is 0 Å². The summed E-state index contributed by atoms with van der Waals surface area (Å²) in [6.45, 7) is -0.706. The number of benzene rings is 2. The lowest BCUT2D eigenvalue weighted by molar-refractivity contribution is -0.147. The van der Waals surface area contributed by atoms with E-state index in [0.29, 0.717) is 11.3 Å². The van der Waals surface area contributed by atoms with Crippen LogP contribution in [0.3, 0.4) is 0 Å². The molecule has 0 spiro atoms. The van der Waals surface area contributed by atoms with Gasteiger partial charge in [0.05, 0.1) is 13.2 Å². The van der Waals surface area contributed by atoms with E-state index in [9.17, 15) is 14.4 Å². The molecule has 0 aliphatic heterocycles. The van der Waals surface area contributed by atoms with Crippen molar-refractivity contribution >= 4 is 17.8 Å². The zero-order valence-electron chi connectivity index (χ0n) is 16.3. The van der Waals surface area contributed by atoms with Crippen LogP contribution < -0.4 is 15.4 Å². The molecule has 0 fully saturated rings. The molecular formula is C22H24N2O5. The maximum absolute atomic E-state index is 12.2. The van der Waals surface area contributed by atoms with Crippen molar-refractivity contribution in [1.82, 2.24) is 10.6 Å². The normalized spacial score (nSPS) is 15.0. The van der Waals surface area contributed by atoms with E-state index in [1.54, 1.807) is 24.3 Å². The van der Waals surface area contributed by atoms with Gasteiger partial charge in [0.15, 0.2) is 6.61 Å². The minimum absolute atomic E-state index is 0.0704. The van der Waals surface area contributed by atoms with E-state index in [1.807, 2.05) is 18.2 Å². The third kappa shape index (κ3) is 5.57. The van der Waals surface area contributed by atoms with Crippen LogP contribution in [0.5, 0.6) is 5.75 Å². The first kappa shape index (κ1) is 20.4. The van der Waals surface area contributed by atoms with Gasteiger partial charge in [0, 0.05) is 5.56 Å². The molecule has 0 saturated heterocycles. The maximum Gasteiger partial charge on any atom is 0.325 e. The molecular weight excluding hydrogens is 372 g/mol. The number of hydrogen-bond donors (Lipinski definition) is 2. The fourth-order valence-corrected chi connectivity index (χ4v) is 3.36. The highest BCUT2D eigenvalue weighted by Gasteiger charge is 2.21. The molecule has 0 saturated carbocycles. The molecule has 0 bridgehead atoms. The minimum Gasteiger partial charge on any atom is -0.497 e. The fourth-order valence-electron chi connectivity index (χ4n) is 3.36. The van der Waals surface area contributed by atoms with Crippen LogP contribution in [-0.4, -0.2) is 38.0 Å². The van der Waals surface area contributed by atoms with Crippen molar-refractivity contribution in [3.05, 3.63) is 65.2 Å². The number of carbonyl (C=O) groups is 3. The Morgan fingerprint density at radius 1 is 1.10 bits per heavy atom. The van der Waals surface area contributed by atoms with Crippen LogP contribution in [0.25, 0.3) is 0 Å². The molecule has 2 aromatic rings. The molecule has 29 heavy (non-hydrogen) atoms. The number of rotatable bonds is 7. The predicted molar refractivity (Wildman–Crippen MR) is 107 cm³/mol. The average molecular weight is 396 g/mol. The van der Waals surface area contributed by atoms with Crippen molar-refractivity contribution in [2.24, 2.45) is 0 Å². The van der Waals surface area contributed by atoms with Gasteiger partial charge in [0.2, 0.25) is 0 Å². The summed E-state index contributed by atoms with van der Waals surface area (Å²) < 4.78 is 10.0. The summed E-state index contributed by atoms with van der Waals surface area (Å²) in [6, 6.07) is 14.5. The molecule has 0 aromatic heterocycles. The summed E-state index contributed by atoms with van der Waals surface area (Å²) in [5.41, 5.74) is 2.72. The van der Waals surface area contributed by atoms with Gasteiger partial charge in [-0.1, -0.05) is 30.3 Å². The molecule has 152 valence electrons. The Balaban J connectivity index is 1.42. The zero-order chi connectivity index (χ0) is 20.6. The number of hydrogen-bond acceptors (Lipinski definition) is 5. The van der Waals surface area contributed by atoms with Gasteiger partial charge in [-0.25, -0.2) is 0 Å². The quantitative estimate of drug-likeness (QED) is 0.700. The topological polar surface area (TPSA) is 93.7 Å². The van der Waals surface area contributed by atoms with Crippen LogP contribution >= 0.6 is 0 Å². The van der Waals surface area contributed by atoms with Gasteiger partial charge in [-0.15, -0.1) is 0 Å². The first-order valence-electron chi connectivity index (χ1n) is 9.52. The molecule has 0 unspecified atom stereocenters. The van der Waals surface area contributed by atoms with Gasteiger partial charge in [-0.3, -0.25) is 14.4 Å². The molecule has 3 rings (SSSR count). The third-order valence-corrected chi connectivity index (χ3v) is 4.79. The lowest BCUT2D eigenvalue weighted by atomic mass is 9.88. The standard InChI is InChI=1S/C22H24N2O5/c1-28-17-9-4-8-16(12-17)22(27)23-13-21(26)29-14-20(25)24-19-11-5-7-15-6-2-3-10-18(15)19/h2-4,6,8-10,12,19H,5,7,11,13-14H2,1H3,(H,23,27)(H,24,25)/t19-/m1/s1. The maximum atomic E-state index is 12.2. The lowest BCUT2D eigenvalue weighted by Crippen LogP contribution is -2.36. The van der Waals surface area contributed by atoms with E-state index in [-0.39, 0.29) is 25.1 Å². The first-order chi connectivity index (χ1) is 14.1. The zero-order valence-corrected chi connectivity index (χ0v) is 16.3. The third-order valence-electron chi connectivity index (χ3n) is 4.79. The summed E-state index contributed by atoms with van der Waals surface area (Å²) in [5, 5.41) is 5.38. The summed E-state index contributed by atoms with van der Waals surface area (Å²) in [6.07, 6.45) is 2.86. The lowest BCUT2D eigenvalue weighted by Gasteiger charge is -2.26. The van der Waals surface area contributed by atoms with Crippen LogP contribution in [0.4, 0.5) is 0 Å². The Bertz CT molecular complexity index is 896. The molecule has 2 aromatic carbocycles. The second-order valence-electron chi connectivity index (χ2n) is 6.79. The highest BCUT2D eigenvalue weighted by molar-refractivity contribution is 5.96. The monoisotopic (exact) mass is 396 g/mol. The van der Waals surface area contributed by atoms with Crippen molar-refractivity contribution in [3.63, 3.8) is 0 Å². The molecule has 0 radical (unpaired) electrons. The van der Waals surface area contributed by atoms with Crippen LogP contribution in [0.1, 0.15) is 40.4 Å². The SMILES string of the molecule is COc1cccc(C(=O)NCC(=O)OCC(=O)N[C@@H]2CCCc3ccccc32)c1.